The SMILES string of the molecule is CC(C)(C)OC(=O)N1CCC(O)(c2cccc(F)c2)CC1. The van der Waals surface area contributed by atoms with Gasteiger partial charge in [0.1, 0.15) is 11.4 Å². The Balaban J connectivity index is 2.01. The number of rotatable bonds is 1. The summed E-state index contributed by atoms with van der Waals surface area (Å²) in [6, 6.07) is 6.00. The highest BCUT2D eigenvalue weighted by atomic mass is 19.1. The minimum absolute atomic E-state index is 0.365. The number of nitrogens with zero attached hydrogens (tertiary/aromatic N) is 1. The summed E-state index contributed by atoms with van der Waals surface area (Å²) in [4.78, 5) is 13.6. The van der Waals surface area contributed by atoms with Gasteiger partial charge < -0.3 is 14.7 Å². The summed E-state index contributed by atoms with van der Waals surface area (Å²) in [5, 5.41) is 10.7. The van der Waals surface area contributed by atoms with Gasteiger partial charge in [0.15, 0.2) is 0 Å². The average Bonchev–Trinajstić information content (AvgIpc) is 2.37. The van der Waals surface area contributed by atoms with Gasteiger partial charge in [-0.25, -0.2) is 9.18 Å². The molecule has 1 aromatic carbocycles. The van der Waals surface area contributed by atoms with Crippen LogP contribution in [0.15, 0.2) is 24.3 Å². The van der Waals surface area contributed by atoms with Gasteiger partial charge in [0, 0.05) is 13.1 Å². The van der Waals surface area contributed by atoms with Crippen LogP contribution in [-0.2, 0) is 10.3 Å². The second-order valence-electron chi connectivity index (χ2n) is 6.51. The van der Waals surface area contributed by atoms with E-state index in [1.165, 1.54) is 12.1 Å². The molecule has 0 spiro atoms. The second-order valence-corrected chi connectivity index (χ2v) is 6.51. The molecule has 0 aliphatic carbocycles. The van der Waals surface area contributed by atoms with Crippen molar-refractivity contribution in [3.05, 3.63) is 35.6 Å². The van der Waals surface area contributed by atoms with Crippen molar-refractivity contribution in [3.8, 4) is 0 Å². The van der Waals surface area contributed by atoms with E-state index in [0.717, 1.165) is 0 Å². The molecule has 116 valence electrons. The normalized spacial score (nSPS) is 18.4. The maximum absolute atomic E-state index is 13.3. The Kier molecular flexibility index (Phi) is 4.23. The maximum atomic E-state index is 13.3. The first kappa shape index (κ1) is 15.8. The lowest BCUT2D eigenvalue weighted by Gasteiger charge is -2.38. The maximum Gasteiger partial charge on any atom is 0.410 e. The Morgan fingerprint density at radius 3 is 2.48 bits per heavy atom. The third-order valence-electron chi connectivity index (χ3n) is 3.60. The highest BCUT2D eigenvalue weighted by Crippen LogP contribution is 2.33. The lowest BCUT2D eigenvalue weighted by atomic mass is 9.84. The summed E-state index contributed by atoms with van der Waals surface area (Å²) in [6.07, 6.45) is 0.370. The van der Waals surface area contributed by atoms with E-state index in [1.807, 2.05) is 20.8 Å². The van der Waals surface area contributed by atoms with Crippen LogP contribution in [-0.4, -0.2) is 34.8 Å². The van der Waals surface area contributed by atoms with Gasteiger partial charge in [-0.3, -0.25) is 0 Å². The zero-order chi connectivity index (χ0) is 15.7. The molecule has 1 saturated heterocycles. The molecule has 1 amide bonds. The van der Waals surface area contributed by atoms with Crippen molar-refractivity contribution >= 4 is 6.09 Å². The Labute approximate surface area is 124 Å². The van der Waals surface area contributed by atoms with Crippen LogP contribution in [0.2, 0.25) is 0 Å². The third kappa shape index (κ3) is 3.94. The van der Waals surface area contributed by atoms with E-state index < -0.39 is 11.2 Å². The molecule has 0 atom stereocenters. The van der Waals surface area contributed by atoms with Crippen LogP contribution in [0.4, 0.5) is 9.18 Å². The van der Waals surface area contributed by atoms with Gasteiger partial charge in [0.2, 0.25) is 0 Å². The van der Waals surface area contributed by atoms with Gasteiger partial charge in [-0.1, -0.05) is 12.1 Å². The number of piperidine rings is 1. The van der Waals surface area contributed by atoms with Gasteiger partial charge in [-0.15, -0.1) is 0 Å². The Bertz CT molecular complexity index is 516. The van der Waals surface area contributed by atoms with Crippen molar-refractivity contribution in [2.24, 2.45) is 0 Å². The molecule has 4 nitrogen and oxygen atoms in total. The Morgan fingerprint density at radius 2 is 1.95 bits per heavy atom. The van der Waals surface area contributed by atoms with Crippen LogP contribution in [0.5, 0.6) is 0 Å². The molecule has 0 radical (unpaired) electrons. The number of carbonyl (C=O) groups excluding carboxylic acids is 1. The molecule has 0 saturated carbocycles. The minimum atomic E-state index is -1.08. The fraction of sp³-hybridized carbons (Fsp3) is 0.562. The number of halogens is 1. The molecule has 1 aliphatic heterocycles. The lowest BCUT2D eigenvalue weighted by molar-refractivity contribution is -0.0358. The first-order valence-electron chi connectivity index (χ1n) is 7.16. The van der Waals surface area contributed by atoms with Crippen molar-refractivity contribution in [2.75, 3.05) is 13.1 Å². The van der Waals surface area contributed by atoms with E-state index in [4.69, 9.17) is 4.74 Å². The number of ether oxygens (including phenoxy) is 1. The minimum Gasteiger partial charge on any atom is -0.444 e. The molecule has 5 heteroatoms. The number of amides is 1. The topological polar surface area (TPSA) is 49.8 Å². The number of hydrogen-bond donors (Lipinski definition) is 1. The van der Waals surface area contributed by atoms with Crippen LogP contribution in [0.3, 0.4) is 0 Å². The van der Waals surface area contributed by atoms with Crippen molar-refractivity contribution in [1.82, 2.24) is 4.90 Å². The van der Waals surface area contributed by atoms with Crippen LogP contribution in [0.1, 0.15) is 39.2 Å². The summed E-state index contributed by atoms with van der Waals surface area (Å²) >= 11 is 0. The summed E-state index contributed by atoms with van der Waals surface area (Å²) < 4.78 is 18.6. The van der Waals surface area contributed by atoms with Crippen LogP contribution in [0, 0.1) is 5.82 Å². The number of benzene rings is 1. The molecule has 1 fully saturated rings. The van der Waals surface area contributed by atoms with E-state index in [2.05, 4.69) is 0 Å². The number of likely N-dealkylation sites (tertiary alicyclic amines) is 1. The standard InChI is InChI=1S/C16H22FNO3/c1-15(2,3)21-14(19)18-9-7-16(20,8-10-18)12-5-4-6-13(17)11-12/h4-6,11,20H,7-10H2,1-3H3. The van der Waals surface area contributed by atoms with Crippen LogP contribution in [0.25, 0.3) is 0 Å². The van der Waals surface area contributed by atoms with E-state index in [0.29, 0.717) is 31.5 Å². The van der Waals surface area contributed by atoms with Gasteiger partial charge >= 0.3 is 6.09 Å². The van der Waals surface area contributed by atoms with Gasteiger partial charge in [0.05, 0.1) is 5.60 Å². The summed E-state index contributed by atoms with van der Waals surface area (Å²) in [5.74, 6) is -0.365. The fourth-order valence-corrected chi connectivity index (χ4v) is 2.45. The predicted octanol–water partition coefficient (Wildman–Crippen LogP) is 3.04. The largest absolute Gasteiger partial charge is 0.444 e. The van der Waals surface area contributed by atoms with E-state index in [9.17, 15) is 14.3 Å². The highest BCUT2D eigenvalue weighted by Gasteiger charge is 2.36. The molecule has 1 heterocycles. The third-order valence-corrected chi connectivity index (χ3v) is 3.60. The van der Waals surface area contributed by atoms with Gasteiger partial charge in [0.25, 0.3) is 0 Å². The van der Waals surface area contributed by atoms with Crippen molar-refractivity contribution in [2.45, 2.75) is 44.8 Å². The predicted molar refractivity (Wildman–Crippen MR) is 77.3 cm³/mol. The molecular weight excluding hydrogens is 273 g/mol. The van der Waals surface area contributed by atoms with E-state index >= 15 is 0 Å². The second kappa shape index (κ2) is 5.64. The lowest BCUT2D eigenvalue weighted by Crippen LogP contribution is -2.46. The molecule has 0 aromatic heterocycles. The summed E-state index contributed by atoms with van der Waals surface area (Å²) in [6.45, 7) is 6.23. The molecule has 0 bridgehead atoms. The molecule has 0 unspecified atom stereocenters. The number of aliphatic hydroxyl groups is 1. The van der Waals surface area contributed by atoms with Crippen molar-refractivity contribution in [1.29, 1.82) is 0 Å². The van der Waals surface area contributed by atoms with Crippen LogP contribution >= 0.6 is 0 Å². The van der Waals surface area contributed by atoms with Crippen molar-refractivity contribution < 1.29 is 19.0 Å². The first-order valence-corrected chi connectivity index (χ1v) is 7.16. The molecular formula is C16H22FNO3. The zero-order valence-corrected chi connectivity index (χ0v) is 12.7. The highest BCUT2D eigenvalue weighted by molar-refractivity contribution is 5.68. The van der Waals surface area contributed by atoms with Gasteiger partial charge in [-0.05, 0) is 51.3 Å². The molecule has 1 aliphatic rings. The van der Waals surface area contributed by atoms with Crippen LogP contribution < -0.4 is 0 Å². The molecule has 1 aromatic rings. The molecule has 21 heavy (non-hydrogen) atoms. The molecule has 2 rings (SSSR count). The quantitative estimate of drug-likeness (QED) is 0.866. The Morgan fingerprint density at radius 1 is 1.33 bits per heavy atom. The Hall–Kier alpha value is -1.62. The first-order chi connectivity index (χ1) is 9.70. The monoisotopic (exact) mass is 295 g/mol. The average molecular weight is 295 g/mol. The van der Waals surface area contributed by atoms with E-state index in [1.54, 1.807) is 17.0 Å². The number of hydrogen-bond acceptors (Lipinski definition) is 3. The summed E-state index contributed by atoms with van der Waals surface area (Å²) in [5.41, 5.74) is -1.06. The fourth-order valence-electron chi connectivity index (χ4n) is 2.45. The molecule has 1 N–H and O–H groups in total. The van der Waals surface area contributed by atoms with E-state index in [-0.39, 0.29) is 11.9 Å². The summed E-state index contributed by atoms with van der Waals surface area (Å²) in [7, 11) is 0. The smallest absolute Gasteiger partial charge is 0.410 e. The van der Waals surface area contributed by atoms with Crippen molar-refractivity contribution in [3.63, 3.8) is 0 Å². The number of carbonyl (C=O) groups is 1. The van der Waals surface area contributed by atoms with Gasteiger partial charge in [-0.2, -0.15) is 0 Å². The zero-order valence-electron chi connectivity index (χ0n) is 12.7.